The fourth-order valence-electron chi connectivity index (χ4n) is 3.38. The van der Waals surface area contributed by atoms with Crippen LogP contribution in [-0.2, 0) is 11.5 Å². The normalized spacial score (nSPS) is 13.4. The minimum atomic E-state index is -1.13. The van der Waals surface area contributed by atoms with Crippen LogP contribution in [0.25, 0.3) is 16.5 Å². The van der Waals surface area contributed by atoms with Gasteiger partial charge in [-0.1, -0.05) is 57.6 Å². The van der Waals surface area contributed by atoms with Gasteiger partial charge in [-0.3, -0.25) is 0 Å². The Hall–Kier alpha value is -1.89. The number of fused-ring (bicyclic) bond motifs is 1. The molecular formula is C27H44N2O3Si. The van der Waals surface area contributed by atoms with Crippen molar-refractivity contribution in [3.8, 4) is 5.75 Å². The summed E-state index contributed by atoms with van der Waals surface area (Å²) in [6, 6.07) is 7.13. The highest BCUT2D eigenvalue weighted by molar-refractivity contribution is 6.76. The van der Waals surface area contributed by atoms with E-state index in [0.717, 1.165) is 47.0 Å². The molecule has 0 atom stereocenters. The van der Waals surface area contributed by atoms with Crippen molar-refractivity contribution in [2.75, 3.05) is 13.2 Å². The molecule has 0 aliphatic heterocycles. The molecule has 184 valence electrons. The van der Waals surface area contributed by atoms with E-state index in [4.69, 9.17) is 14.6 Å². The molecule has 0 aliphatic carbocycles. The predicted molar refractivity (Wildman–Crippen MR) is 143 cm³/mol. The Morgan fingerprint density at radius 3 is 2.61 bits per heavy atom. The number of unbranched alkanes of at least 4 members (excludes halogenated alkanes) is 3. The van der Waals surface area contributed by atoms with E-state index in [9.17, 15) is 5.11 Å². The number of aromatic nitrogens is 2. The predicted octanol–water partition coefficient (Wildman–Crippen LogP) is 7.04. The van der Waals surface area contributed by atoms with Gasteiger partial charge in [0.05, 0.1) is 11.1 Å². The maximum absolute atomic E-state index is 10.0. The van der Waals surface area contributed by atoms with Crippen LogP contribution in [0.2, 0.25) is 25.7 Å². The summed E-state index contributed by atoms with van der Waals surface area (Å²) in [7, 11) is -1.13. The van der Waals surface area contributed by atoms with Crippen LogP contribution in [0.4, 0.5) is 0 Å². The second kappa shape index (κ2) is 12.5. The lowest BCUT2D eigenvalue weighted by atomic mass is 10.1. The molecule has 1 heterocycles. The topological polar surface area (TPSA) is 56.5 Å². The van der Waals surface area contributed by atoms with Gasteiger partial charge in [-0.15, -0.1) is 0 Å². The van der Waals surface area contributed by atoms with Gasteiger partial charge in [0.25, 0.3) is 0 Å². The number of benzene rings is 1. The van der Waals surface area contributed by atoms with Crippen molar-refractivity contribution in [2.24, 2.45) is 0 Å². The van der Waals surface area contributed by atoms with E-state index in [0.29, 0.717) is 6.73 Å². The molecular weight excluding hydrogens is 428 g/mol. The second-order valence-electron chi connectivity index (χ2n) is 10.6. The first-order valence-corrected chi connectivity index (χ1v) is 16.0. The van der Waals surface area contributed by atoms with Gasteiger partial charge in [0, 0.05) is 20.1 Å². The fraction of sp³-hybridized carbons (Fsp3) is 0.593. The summed E-state index contributed by atoms with van der Waals surface area (Å²) in [6.07, 6.45) is 11.3. The number of ether oxygens (including phenoxy) is 2. The first kappa shape index (κ1) is 27.4. The third-order valence-corrected chi connectivity index (χ3v) is 7.08. The summed E-state index contributed by atoms with van der Waals surface area (Å²) < 4.78 is 13.8. The summed E-state index contributed by atoms with van der Waals surface area (Å²) in [4.78, 5) is 0. The number of hydrogen-bond acceptors (Lipinski definition) is 4. The number of allylic oxidation sites excluding steroid dienone is 4. The van der Waals surface area contributed by atoms with Crippen LogP contribution in [0.5, 0.6) is 5.75 Å². The van der Waals surface area contributed by atoms with Gasteiger partial charge in [-0.25, -0.2) is 4.68 Å². The molecule has 0 amide bonds. The zero-order chi connectivity index (χ0) is 24.5. The standard InChI is InChI=1S/C27H44N2O3Si/c1-8-10-11-12-13-14-22(9-2)26-24-19-23(32-20-27(3,4)30)15-16-25(24)29(28-26)21-31-17-18-33(5,6)7/h9,13-16,19,30H,8,10-12,17-18,20-21H2,1-7H3. The maximum atomic E-state index is 10.0. The SMILES string of the molecule is CC=C(C=CCCCCC)c1nn(COCC[Si](C)(C)C)c2ccc(OCC(C)(C)O)cc12. The van der Waals surface area contributed by atoms with Crippen LogP contribution in [0.15, 0.2) is 36.4 Å². The average molecular weight is 473 g/mol. The maximum Gasteiger partial charge on any atom is 0.140 e. The smallest absolute Gasteiger partial charge is 0.140 e. The highest BCUT2D eigenvalue weighted by atomic mass is 28.3. The Bertz CT molecular complexity index is 933. The van der Waals surface area contributed by atoms with Crippen LogP contribution in [-0.4, -0.2) is 41.8 Å². The van der Waals surface area contributed by atoms with Crippen molar-refractivity contribution in [3.05, 3.63) is 42.1 Å². The quantitative estimate of drug-likeness (QED) is 0.182. The molecule has 0 saturated heterocycles. The molecule has 0 unspecified atom stereocenters. The molecule has 2 aromatic rings. The van der Waals surface area contributed by atoms with Gasteiger partial charge < -0.3 is 14.6 Å². The van der Waals surface area contributed by atoms with Gasteiger partial charge in [0.1, 0.15) is 24.8 Å². The van der Waals surface area contributed by atoms with Gasteiger partial charge >= 0.3 is 0 Å². The Balaban J connectivity index is 2.31. The molecule has 2 rings (SSSR count). The summed E-state index contributed by atoms with van der Waals surface area (Å²) in [5.74, 6) is 0.729. The Morgan fingerprint density at radius 2 is 1.97 bits per heavy atom. The van der Waals surface area contributed by atoms with Crippen LogP contribution in [0.3, 0.4) is 0 Å². The lowest BCUT2D eigenvalue weighted by molar-refractivity contribution is 0.0285. The molecule has 5 nitrogen and oxygen atoms in total. The zero-order valence-corrected chi connectivity index (χ0v) is 22.8. The van der Waals surface area contributed by atoms with Crippen molar-refractivity contribution in [2.45, 2.75) is 91.4 Å². The minimum absolute atomic E-state index is 0.232. The largest absolute Gasteiger partial charge is 0.491 e. The highest BCUT2D eigenvalue weighted by Crippen LogP contribution is 2.30. The second-order valence-corrected chi connectivity index (χ2v) is 16.2. The molecule has 1 aromatic carbocycles. The average Bonchev–Trinajstić information content (AvgIpc) is 3.09. The van der Waals surface area contributed by atoms with E-state index in [2.05, 4.69) is 51.7 Å². The molecule has 0 saturated carbocycles. The summed E-state index contributed by atoms with van der Waals surface area (Å²) >= 11 is 0. The molecule has 1 N–H and O–H groups in total. The molecule has 33 heavy (non-hydrogen) atoms. The molecule has 0 bridgehead atoms. The number of rotatable bonds is 14. The zero-order valence-electron chi connectivity index (χ0n) is 21.8. The van der Waals surface area contributed by atoms with E-state index >= 15 is 0 Å². The molecule has 0 aliphatic rings. The number of nitrogens with zero attached hydrogens (tertiary/aromatic N) is 2. The van der Waals surface area contributed by atoms with Crippen LogP contribution < -0.4 is 4.74 Å². The monoisotopic (exact) mass is 472 g/mol. The third kappa shape index (κ3) is 9.47. The van der Waals surface area contributed by atoms with Crippen molar-refractivity contribution in [3.63, 3.8) is 0 Å². The van der Waals surface area contributed by atoms with Gasteiger partial charge in [0.2, 0.25) is 0 Å². The van der Waals surface area contributed by atoms with Crippen LogP contribution >= 0.6 is 0 Å². The van der Waals surface area contributed by atoms with Gasteiger partial charge in [-0.05, 0) is 63.4 Å². The summed E-state index contributed by atoms with van der Waals surface area (Å²) in [6.45, 7) is 16.3. The first-order chi connectivity index (χ1) is 15.5. The molecule has 6 heteroatoms. The van der Waals surface area contributed by atoms with E-state index in [-0.39, 0.29) is 6.61 Å². The van der Waals surface area contributed by atoms with Gasteiger partial charge in [-0.2, -0.15) is 5.10 Å². The van der Waals surface area contributed by atoms with E-state index in [1.165, 1.54) is 19.3 Å². The lowest BCUT2D eigenvalue weighted by Gasteiger charge is -2.17. The molecule has 0 spiro atoms. The number of aliphatic hydroxyl groups is 1. The first-order valence-electron chi connectivity index (χ1n) is 12.3. The van der Waals surface area contributed by atoms with E-state index < -0.39 is 13.7 Å². The van der Waals surface area contributed by atoms with Gasteiger partial charge in [0.15, 0.2) is 0 Å². The molecule has 0 radical (unpaired) electrons. The Kier molecular flexibility index (Phi) is 10.4. The summed E-state index contributed by atoms with van der Waals surface area (Å²) in [5, 5.41) is 16.0. The Morgan fingerprint density at radius 1 is 1.21 bits per heavy atom. The van der Waals surface area contributed by atoms with Crippen LogP contribution in [0, 0.1) is 0 Å². The van der Waals surface area contributed by atoms with E-state index in [1.54, 1.807) is 13.8 Å². The van der Waals surface area contributed by atoms with E-state index in [1.807, 2.05) is 22.9 Å². The van der Waals surface area contributed by atoms with Crippen molar-refractivity contribution in [1.29, 1.82) is 0 Å². The lowest BCUT2D eigenvalue weighted by Crippen LogP contribution is -2.27. The summed E-state index contributed by atoms with van der Waals surface area (Å²) in [5.41, 5.74) is 2.16. The third-order valence-electron chi connectivity index (χ3n) is 5.38. The van der Waals surface area contributed by atoms with Crippen molar-refractivity contribution < 1.29 is 14.6 Å². The molecule has 0 fully saturated rings. The Labute approximate surface area is 201 Å². The molecule has 1 aromatic heterocycles. The van der Waals surface area contributed by atoms with Crippen molar-refractivity contribution >= 4 is 24.5 Å². The van der Waals surface area contributed by atoms with Crippen molar-refractivity contribution in [1.82, 2.24) is 9.78 Å². The number of hydrogen-bond donors (Lipinski definition) is 1. The fourth-order valence-corrected chi connectivity index (χ4v) is 4.14. The van der Waals surface area contributed by atoms with Crippen LogP contribution in [0.1, 0.15) is 59.1 Å². The minimum Gasteiger partial charge on any atom is -0.491 e. The highest BCUT2D eigenvalue weighted by Gasteiger charge is 2.17.